The van der Waals surface area contributed by atoms with Gasteiger partial charge in [0.2, 0.25) is 5.16 Å². The van der Waals surface area contributed by atoms with E-state index in [1.165, 1.54) is 19.4 Å². The van der Waals surface area contributed by atoms with E-state index < -0.39 is 0 Å². The van der Waals surface area contributed by atoms with E-state index in [1.54, 1.807) is 16.4 Å². The molecule has 1 aromatic heterocycles. The molecule has 86 valence electrons. The molecule has 1 unspecified atom stereocenters. The number of halogens is 1. The Bertz CT molecular complexity index is 286. The lowest BCUT2D eigenvalue weighted by atomic mass is 10.0. The number of hydrogen-bond donors (Lipinski definition) is 1. The summed E-state index contributed by atoms with van der Waals surface area (Å²) in [5.74, 6) is 1.88. The fourth-order valence-corrected chi connectivity index (χ4v) is 2.59. The van der Waals surface area contributed by atoms with Gasteiger partial charge in [-0.25, -0.2) is 4.68 Å². The van der Waals surface area contributed by atoms with E-state index in [0.29, 0.717) is 0 Å². The van der Waals surface area contributed by atoms with Crippen molar-refractivity contribution in [1.29, 1.82) is 0 Å². The first-order valence-corrected chi connectivity index (χ1v) is 5.90. The molecule has 1 fully saturated rings. The van der Waals surface area contributed by atoms with Crippen LogP contribution >= 0.6 is 24.2 Å². The van der Waals surface area contributed by atoms with Crippen LogP contribution in [-0.2, 0) is 7.05 Å². The van der Waals surface area contributed by atoms with Crippen LogP contribution in [-0.4, -0.2) is 39.0 Å². The molecule has 1 aliphatic heterocycles. The molecule has 0 spiro atoms. The summed E-state index contributed by atoms with van der Waals surface area (Å²) in [5, 5.41) is 15.7. The Balaban J connectivity index is 0.00000112. The van der Waals surface area contributed by atoms with E-state index in [0.717, 1.165) is 23.4 Å². The minimum absolute atomic E-state index is 0. The molecule has 2 heterocycles. The highest BCUT2D eigenvalue weighted by molar-refractivity contribution is 7.99. The van der Waals surface area contributed by atoms with Crippen molar-refractivity contribution in [1.82, 2.24) is 25.5 Å². The lowest BCUT2D eigenvalue weighted by Crippen LogP contribution is -2.30. The van der Waals surface area contributed by atoms with Crippen LogP contribution in [0.15, 0.2) is 5.16 Å². The van der Waals surface area contributed by atoms with Gasteiger partial charge in [-0.3, -0.25) is 0 Å². The second kappa shape index (κ2) is 6.30. The molecule has 0 bridgehead atoms. The summed E-state index contributed by atoms with van der Waals surface area (Å²) >= 11 is 1.75. The quantitative estimate of drug-likeness (QED) is 0.801. The molecule has 2 rings (SSSR count). The number of aryl methyl sites for hydroxylation is 1. The number of rotatable bonds is 3. The van der Waals surface area contributed by atoms with E-state index in [1.807, 2.05) is 7.05 Å². The summed E-state index contributed by atoms with van der Waals surface area (Å²) < 4.78 is 1.72. The van der Waals surface area contributed by atoms with Crippen molar-refractivity contribution >= 4 is 24.2 Å². The van der Waals surface area contributed by atoms with Crippen molar-refractivity contribution in [2.45, 2.75) is 18.0 Å². The van der Waals surface area contributed by atoms with Crippen molar-refractivity contribution in [3.05, 3.63) is 0 Å². The molecule has 5 nitrogen and oxygen atoms in total. The molecule has 7 heteroatoms. The molecule has 1 N–H and O–H groups in total. The zero-order valence-corrected chi connectivity index (χ0v) is 10.4. The maximum Gasteiger partial charge on any atom is 0.209 e. The van der Waals surface area contributed by atoms with Crippen LogP contribution < -0.4 is 5.32 Å². The van der Waals surface area contributed by atoms with Gasteiger partial charge in [-0.05, 0) is 42.3 Å². The molecule has 0 radical (unpaired) electrons. The van der Waals surface area contributed by atoms with Gasteiger partial charge in [0.15, 0.2) is 0 Å². The van der Waals surface area contributed by atoms with Gasteiger partial charge in [0.25, 0.3) is 0 Å². The van der Waals surface area contributed by atoms with Crippen molar-refractivity contribution in [3.8, 4) is 0 Å². The lowest BCUT2D eigenvalue weighted by Gasteiger charge is -2.21. The first kappa shape index (κ1) is 12.7. The molecular formula is C8H16ClN5S. The number of nitrogens with zero attached hydrogens (tertiary/aromatic N) is 4. The van der Waals surface area contributed by atoms with Crippen LogP contribution in [0.4, 0.5) is 0 Å². The Morgan fingerprint density at radius 3 is 3.07 bits per heavy atom. The summed E-state index contributed by atoms with van der Waals surface area (Å²) in [6.45, 7) is 2.31. The molecule has 1 atom stereocenters. The Morgan fingerprint density at radius 2 is 2.47 bits per heavy atom. The van der Waals surface area contributed by atoms with Crippen molar-refractivity contribution in [2.24, 2.45) is 13.0 Å². The fourth-order valence-electron chi connectivity index (χ4n) is 1.60. The average Bonchev–Trinajstić information content (AvgIpc) is 2.63. The maximum atomic E-state index is 3.94. The van der Waals surface area contributed by atoms with Gasteiger partial charge in [-0.1, -0.05) is 11.8 Å². The highest BCUT2D eigenvalue weighted by Gasteiger charge is 2.14. The smallest absolute Gasteiger partial charge is 0.209 e. The summed E-state index contributed by atoms with van der Waals surface area (Å²) in [6.07, 6.45) is 2.62. The second-order valence-corrected chi connectivity index (χ2v) is 4.60. The maximum absolute atomic E-state index is 3.94. The predicted octanol–water partition coefficient (Wildman–Crippen LogP) is 0.724. The van der Waals surface area contributed by atoms with Crippen LogP contribution in [0.3, 0.4) is 0 Å². The molecule has 0 aromatic carbocycles. The number of tetrazole rings is 1. The molecule has 0 saturated carbocycles. The minimum Gasteiger partial charge on any atom is -0.316 e. The SMILES string of the molecule is Cl.Cn1nnnc1SCC1CCCNC1. The lowest BCUT2D eigenvalue weighted by molar-refractivity contribution is 0.410. The van der Waals surface area contributed by atoms with Crippen LogP contribution in [0.2, 0.25) is 0 Å². The number of nitrogens with one attached hydrogen (secondary N) is 1. The monoisotopic (exact) mass is 249 g/mol. The fraction of sp³-hybridized carbons (Fsp3) is 0.875. The summed E-state index contributed by atoms with van der Waals surface area (Å²) in [7, 11) is 1.88. The normalized spacial score (nSPS) is 21.0. The number of hydrogen-bond acceptors (Lipinski definition) is 5. The van der Waals surface area contributed by atoms with Crippen LogP contribution in [0.1, 0.15) is 12.8 Å². The zero-order chi connectivity index (χ0) is 9.80. The minimum atomic E-state index is 0. The molecule has 15 heavy (non-hydrogen) atoms. The van der Waals surface area contributed by atoms with Gasteiger partial charge in [0, 0.05) is 12.8 Å². The zero-order valence-electron chi connectivity index (χ0n) is 8.72. The molecular weight excluding hydrogens is 234 g/mol. The van der Waals surface area contributed by atoms with Gasteiger partial charge >= 0.3 is 0 Å². The highest BCUT2D eigenvalue weighted by atomic mass is 35.5. The molecule has 1 aliphatic rings. The van der Waals surface area contributed by atoms with Crippen molar-refractivity contribution in [3.63, 3.8) is 0 Å². The third-order valence-corrected chi connectivity index (χ3v) is 3.67. The number of thioether (sulfide) groups is 1. The standard InChI is InChI=1S/C8H15N5S.ClH/c1-13-8(10-11-12-13)14-6-7-3-2-4-9-5-7;/h7,9H,2-6H2,1H3;1H. The first-order chi connectivity index (χ1) is 6.86. The van der Waals surface area contributed by atoms with Crippen LogP contribution in [0.25, 0.3) is 0 Å². The predicted molar refractivity (Wildman–Crippen MR) is 62.4 cm³/mol. The van der Waals surface area contributed by atoms with Gasteiger partial charge in [0.1, 0.15) is 0 Å². The Morgan fingerprint density at radius 1 is 1.60 bits per heavy atom. The molecule has 0 amide bonds. The summed E-state index contributed by atoms with van der Waals surface area (Å²) in [4.78, 5) is 0. The Hall–Kier alpha value is -0.330. The summed E-state index contributed by atoms with van der Waals surface area (Å²) in [5.41, 5.74) is 0. The molecule has 1 aromatic rings. The largest absolute Gasteiger partial charge is 0.316 e. The van der Waals surface area contributed by atoms with Crippen LogP contribution in [0, 0.1) is 5.92 Å². The van der Waals surface area contributed by atoms with E-state index in [4.69, 9.17) is 0 Å². The second-order valence-electron chi connectivity index (χ2n) is 3.61. The van der Waals surface area contributed by atoms with Crippen molar-refractivity contribution < 1.29 is 0 Å². The Labute approximate surface area is 99.8 Å². The van der Waals surface area contributed by atoms with E-state index in [-0.39, 0.29) is 12.4 Å². The third kappa shape index (κ3) is 3.62. The first-order valence-electron chi connectivity index (χ1n) is 4.92. The van der Waals surface area contributed by atoms with Gasteiger partial charge in [-0.2, -0.15) is 0 Å². The van der Waals surface area contributed by atoms with E-state index >= 15 is 0 Å². The van der Waals surface area contributed by atoms with Crippen molar-refractivity contribution in [2.75, 3.05) is 18.8 Å². The highest BCUT2D eigenvalue weighted by Crippen LogP contribution is 2.20. The van der Waals surface area contributed by atoms with E-state index in [2.05, 4.69) is 20.8 Å². The van der Waals surface area contributed by atoms with Gasteiger partial charge in [-0.15, -0.1) is 17.5 Å². The number of piperidine rings is 1. The van der Waals surface area contributed by atoms with Crippen LogP contribution in [0.5, 0.6) is 0 Å². The van der Waals surface area contributed by atoms with E-state index in [9.17, 15) is 0 Å². The molecule has 0 aliphatic carbocycles. The van der Waals surface area contributed by atoms with Gasteiger partial charge < -0.3 is 5.32 Å². The summed E-state index contributed by atoms with van der Waals surface area (Å²) in [6, 6.07) is 0. The third-order valence-electron chi connectivity index (χ3n) is 2.43. The average molecular weight is 250 g/mol. The Kier molecular flexibility index (Phi) is 5.35. The number of aromatic nitrogens is 4. The molecule has 1 saturated heterocycles. The van der Waals surface area contributed by atoms with Gasteiger partial charge in [0.05, 0.1) is 0 Å². The topological polar surface area (TPSA) is 55.6 Å².